The van der Waals surface area contributed by atoms with E-state index in [2.05, 4.69) is 54.8 Å². The topological polar surface area (TPSA) is 211 Å². The summed E-state index contributed by atoms with van der Waals surface area (Å²) >= 11 is 0. The quantitative estimate of drug-likeness (QED) is 0.179. The van der Waals surface area contributed by atoms with Crippen molar-refractivity contribution in [3.8, 4) is 24.3 Å². The molecule has 294 valence electrons. The molecule has 0 aliphatic carbocycles. The molecule has 2 amide bonds. The summed E-state index contributed by atoms with van der Waals surface area (Å²) in [6, 6.07) is 31.4. The lowest BCUT2D eigenvalue weighted by Crippen LogP contribution is -2.25. The highest BCUT2D eigenvalue weighted by molar-refractivity contribution is 5.90. The lowest BCUT2D eigenvalue weighted by molar-refractivity contribution is -0.116. The van der Waals surface area contributed by atoms with E-state index in [0.717, 1.165) is 35.1 Å². The van der Waals surface area contributed by atoms with Crippen LogP contribution in [0.1, 0.15) is 45.2 Å². The fraction of sp³-hybridized carbons (Fsp3) is 0.130. The maximum Gasteiger partial charge on any atom is 0.209 e. The van der Waals surface area contributed by atoms with Gasteiger partial charge in [0.15, 0.2) is 0 Å². The van der Waals surface area contributed by atoms with E-state index < -0.39 is 11.8 Å². The third-order valence-electron chi connectivity index (χ3n) is 9.11. The number of benzene rings is 1. The highest BCUT2D eigenvalue weighted by Crippen LogP contribution is 2.45. The average Bonchev–Trinajstić information content (AvgIpc) is 3.31. The monoisotopic (exact) mass is 790 g/mol. The Bertz CT molecular complexity index is 2280. The summed E-state index contributed by atoms with van der Waals surface area (Å²) in [7, 11) is 6.75. The van der Waals surface area contributed by atoms with Crippen LogP contribution in [0.15, 0.2) is 145 Å². The second-order valence-corrected chi connectivity index (χ2v) is 13.5. The first-order valence-electron chi connectivity index (χ1n) is 18.3. The third kappa shape index (κ3) is 9.62. The molecule has 0 bridgehead atoms. The lowest BCUT2D eigenvalue weighted by Gasteiger charge is -2.31. The molecule has 0 saturated heterocycles. The summed E-state index contributed by atoms with van der Waals surface area (Å²) in [4.78, 5) is 38.3. The van der Waals surface area contributed by atoms with E-state index in [1.165, 1.54) is 9.80 Å². The predicted octanol–water partition coefficient (Wildman–Crippen LogP) is 5.79. The van der Waals surface area contributed by atoms with Crippen LogP contribution in [0.4, 0.5) is 0 Å². The van der Waals surface area contributed by atoms with Gasteiger partial charge in [-0.2, -0.15) is 21.0 Å². The van der Waals surface area contributed by atoms with Gasteiger partial charge in [0.1, 0.15) is 0 Å². The van der Waals surface area contributed by atoms with Crippen molar-refractivity contribution in [2.45, 2.75) is 11.8 Å². The number of amides is 2. The van der Waals surface area contributed by atoms with Crippen LogP contribution in [0.2, 0.25) is 0 Å². The first kappa shape index (κ1) is 42.4. The van der Waals surface area contributed by atoms with E-state index in [1.54, 1.807) is 77.8 Å². The highest BCUT2D eigenvalue weighted by atomic mass is 16.1. The number of nitriles is 4. The number of nitrogens with zero attached hydrogens (tertiary/aromatic N) is 10. The normalized spacial score (nSPS) is 13.6. The number of aromatic nitrogens is 4. The van der Waals surface area contributed by atoms with E-state index in [9.17, 15) is 30.6 Å². The zero-order chi connectivity index (χ0) is 43.0. The Kier molecular flexibility index (Phi) is 14.5. The molecular formula is C46H38N12O2. The van der Waals surface area contributed by atoms with Crippen molar-refractivity contribution < 1.29 is 9.59 Å². The lowest BCUT2D eigenvalue weighted by atomic mass is 9.76. The number of dihydropyridines is 2. The number of nitrogens with one attached hydrogen (secondary N) is 2. The number of hydrogen-bond donors (Lipinski definition) is 2. The smallest absolute Gasteiger partial charge is 0.209 e. The first-order chi connectivity index (χ1) is 29.2. The number of carbonyl (C=O) groups is 2. The van der Waals surface area contributed by atoms with E-state index in [1.807, 2.05) is 72.8 Å². The molecule has 5 aromatic rings. The van der Waals surface area contributed by atoms with Gasteiger partial charge in [-0.05, 0) is 59.7 Å². The molecule has 0 radical (unpaired) electrons. The van der Waals surface area contributed by atoms with Crippen LogP contribution in [-0.4, -0.2) is 70.7 Å². The molecule has 0 atom stereocenters. The van der Waals surface area contributed by atoms with Gasteiger partial charge in [-0.25, -0.2) is 0 Å². The van der Waals surface area contributed by atoms with Crippen molar-refractivity contribution in [3.05, 3.63) is 178 Å². The molecule has 14 nitrogen and oxygen atoms in total. The average molecular weight is 791 g/mol. The molecule has 6 heterocycles. The van der Waals surface area contributed by atoms with Gasteiger partial charge in [-0.3, -0.25) is 29.5 Å². The van der Waals surface area contributed by atoms with E-state index in [0.29, 0.717) is 56.2 Å². The Morgan fingerprint density at radius 1 is 0.433 bits per heavy atom. The Morgan fingerprint density at radius 3 is 0.800 bits per heavy atom. The number of carbonyl (C=O) groups excluding carboxylic acids is 2. The number of pyridine rings is 4. The molecule has 0 unspecified atom stereocenters. The molecule has 2 N–H and O–H groups in total. The van der Waals surface area contributed by atoms with Crippen LogP contribution < -0.4 is 10.6 Å². The van der Waals surface area contributed by atoms with Crippen LogP contribution in [0, 0.1) is 45.3 Å². The minimum Gasteiger partial charge on any atom is -0.353 e. The van der Waals surface area contributed by atoms with Crippen LogP contribution in [0.3, 0.4) is 0 Å². The van der Waals surface area contributed by atoms with Gasteiger partial charge in [-0.15, -0.1) is 0 Å². The van der Waals surface area contributed by atoms with Crippen LogP contribution in [-0.2, 0) is 9.59 Å². The summed E-state index contributed by atoms with van der Waals surface area (Å²) in [6.45, 7) is 0. The minimum atomic E-state index is -0.712. The zero-order valence-corrected chi connectivity index (χ0v) is 33.1. The van der Waals surface area contributed by atoms with Crippen LogP contribution in [0.5, 0.6) is 0 Å². The molecule has 4 aromatic heterocycles. The Balaban J connectivity index is 0.000000613. The summed E-state index contributed by atoms with van der Waals surface area (Å²) in [5.74, 6) is -1.42. The molecule has 1 aromatic carbocycles. The summed E-state index contributed by atoms with van der Waals surface area (Å²) < 4.78 is 0. The van der Waals surface area contributed by atoms with Crippen molar-refractivity contribution in [1.82, 2.24) is 40.4 Å². The fourth-order valence-electron chi connectivity index (χ4n) is 6.40. The Labute approximate surface area is 348 Å². The summed E-state index contributed by atoms with van der Waals surface area (Å²) in [5.41, 5.74) is 8.15. The van der Waals surface area contributed by atoms with Gasteiger partial charge >= 0.3 is 0 Å². The van der Waals surface area contributed by atoms with Gasteiger partial charge in [0.05, 0.1) is 81.2 Å². The first-order valence-corrected chi connectivity index (χ1v) is 18.3. The maximum absolute atomic E-state index is 10.6. The van der Waals surface area contributed by atoms with Crippen molar-refractivity contribution in [1.29, 1.82) is 21.0 Å². The summed E-state index contributed by atoms with van der Waals surface area (Å²) in [5, 5.41) is 49.1. The van der Waals surface area contributed by atoms with Crippen molar-refractivity contribution in [3.63, 3.8) is 0 Å². The minimum absolute atomic E-state index is 0.371. The van der Waals surface area contributed by atoms with E-state index in [-0.39, 0.29) is 0 Å². The van der Waals surface area contributed by atoms with Crippen molar-refractivity contribution >= 4 is 35.6 Å². The van der Waals surface area contributed by atoms with E-state index in [4.69, 9.17) is 0 Å². The van der Waals surface area contributed by atoms with Crippen molar-refractivity contribution in [2.75, 3.05) is 28.2 Å². The predicted molar refractivity (Wildman–Crippen MR) is 225 cm³/mol. The second kappa shape index (κ2) is 20.4. The third-order valence-corrected chi connectivity index (χ3v) is 9.11. The highest BCUT2D eigenvalue weighted by Gasteiger charge is 2.36. The van der Waals surface area contributed by atoms with Gasteiger partial charge in [0, 0.05) is 100 Å². The van der Waals surface area contributed by atoms with Crippen LogP contribution in [0.25, 0.3) is 22.8 Å². The zero-order valence-electron chi connectivity index (χ0n) is 33.1. The number of allylic oxidation sites excluding steroid dienone is 4. The molecule has 14 heteroatoms. The molecular weight excluding hydrogens is 753 g/mol. The molecule has 2 aliphatic heterocycles. The maximum atomic E-state index is 10.6. The second-order valence-electron chi connectivity index (χ2n) is 13.5. The van der Waals surface area contributed by atoms with Crippen molar-refractivity contribution in [2.24, 2.45) is 0 Å². The Hall–Kier alpha value is -8.72. The number of rotatable bonds is 8. The van der Waals surface area contributed by atoms with Gasteiger partial charge in [0.2, 0.25) is 12.8 Å². The van der Waals surface area contributed by atoms with E-state index >= 15 is 0 Å². The molecule has 0 spiro atoms. The van der Waals surface area contributed by atoms with Crippen LogP contribution >= 0.6 is 0 Å². The standard InChI is InChI=1S/C40H24N10.2C3H7NO/c41-21-31-35(32(22-42)38(28-7-15-46-16-8-28)49-37(31)27-5-13-45-14-6-27)25-1-2-26(4-3-25)36-33(23-43)39(29-9-17-47-18-10-29)50-40(34(36)24-44)30-11-19-48-20-12-30;2*1-4(2)3-5/h1-20,35-36,49-50H;2*3H,1-2H3. The molecule has 60 heavy (non-hydrogen) atoms. The largest absolute Gasteiger partial charge is 0.353 e. The molecule has 0 fully saturated rings. The molecule has 2 aliphatic rings. The molecule has 7 rings (SSSR count). The van der Waals surface area contributed by atoms with Gasteiger partial charge in [-0.1, -0.05) is 24.3 Å². The Morgan fingerprint density at radius 2 is 0.633 bits per heavy atom. The molecule has 0 saturated carbocycles. The summed E-state index contributed by atoms with van der Waals surface area (Å²) in [6.07, 6.45) is 14.7. The van der Waals surface area contributed by atoms with Gasteiger partial charge < -0.3 is 20.4 Å². The fourth-order valence-corrected chi connectivity index (χ4v) is 6.40. The number of hydrogen-bond acceptors (Lipinski definition) is 12. The van der Waals surface area contributed by atoms with Gasteiger partial charge in [0.25, 0.3) is 0 Å². The SMILES string of the molecule is CN(C)C=O.CN(C)C=O.N#CC1=C(c2ccncc2)NC(c2ccncc2)=C(C#N)C1c1ccc(C2C(C#N)=C(c3ccncc3)NC(c3ccncc3)=C2C#N)cc1.